The lowest BCUT2D eigenvalue weighted by Crippen LogP contribution is -2.27. The van der Waals surface area contributed by atoms with E-state index in [4.69, 9.17) is 4.74 Å². The Bertz CT molecular complexity index is 571. The van der Waals surface area contributed by atoms with Gasteiger partial charge in [0.2, 0.25) is 0 Å². The van der Waals surface area contributed by atoms with Gasteiger partial charge in [-0.05, 0) is 55.8 Å². The quantitative estimate of drug-likeness (QED) is 0.894. The van der Waals surface area contributed by atoms with Gasteiger partial charge in [-0.25, -0.2) is 0 Å². The third-order valence-corrected chi connectivity index (χ3v) is 3.65. The molecule has 1 N–H and O–H groups in total. The molecule has 0 aliphatic heterocycles. The molecule has 0 saturated carbocycles. The predicted octanol–water partition coefficient (Wildman–Crippen LogP) is 4.11. The Morgan fingerprint density at radius 2 is 1.48 bits per heavy atom. The van der Waals surface area contributed by atoms with Gasteiger partial charge in [-0.3, -0.25) is 0 Å². The largest absolute Gasteiger partial charge is 0.497 e. The number of hydrogen-bond donors (Lipinski definition) is 1. The Kier molecular flexibility index (Phi) is 4.41. The van der Waals surface area contributed by atoms with E-state index < -0.39 is 0 Å². The van der Waals surface area contributed by atoms with Crippen molar-refractivity contribution in [2.75, 3.05) is 31.4 Å². The summed E-state index contributed by atoms with van der Waals surface area (Å²) >= 11 is 0. The Morgan fingerprint density at radius 3 is 1.95 bits per heavy atom. The molecule has 0 aliphatic rings. The van der Waals surface area contributed by atoms with E-state index in [1.54, 1.807) is 7.11 Å². The molecule has 112 valence electrons. The normalized spacial score (nSPS) is 11.1. The summed E-state index contributed by atoms with van der Waals surface area (Å²) in [7, 11) is 5.78. The molecule has 3 heteroatoms. The second kappa shape index (κ2) is 6.08. The zero-order chi connectivity index (χ0) is 15.5. The van der Waals surface area contributed by atoms with Gasteiger partial charge in [-0.15, -0.1) is 0 Å². The van der Waals surface area contributed by atoms with E-state index in [0.29, 0.717) is 0 Å². The number of ether oxygens (including phenoxy) is 1. The third kappa shape index (κ3) is 3.69. The Balaban J connectivity index is 2.15. The van der Waals surface area contributed by atoms with E-state index >= 15 is 0 Å². The molecule has 0 saturated heterocycles. The fourth-order valence-corrected chi connectivity index (χ4v) is 2.28. The molecule has 0 atom stereocenters. The first kappa shape index (κ1) is 15.2. The van der Waals surface area contributed by atoms with Crippen LogP contribution in [-0.2, 0) is 5.54 Å². The number of nitrogens with zero attached hydrogens (tertiary/aromatic N) is 1. The lowest BCUT2D eigenvalue weighted by molar-refractivity contribution is 0.414. The highest BCUT2D eigenvalue weighted by Gasteiger charge is 2.20. The monoisotopic (exact) mass is 284 g/mol. The summed E-state index contributed by atoms with van der Waals surface area (Å²) in [4.78, 5) is 2.10. The summed E-state index contributed by atoms with van der Waals surface area (Å²) < 4.78 is 5.21. The van der Waals surface area contributed by atoms with Crippen LogP contribution in [0.15, 0.2) is 48.5 Å². The highest BCUT2D eigenvalue weighted by atomic mass is 16.5. The summed E-state index contributed by atoms with van der Waals surface area (Å²) in [5, 5.41) is 3.58. The Morgan fingerprint density at radius 1 is 0.905 bits per heavy atom. The van der Waals surface area contributed by atoms with Crippen LogP contribution in [0.1, 0.15) is 19.4 Å². The van der Waals surface area contributed by atoms with Crippen LogP contribution in [0.3, 0.4) is 0 Å². The van der Waals surface area contributed by atoms with Gasteiger partial charge in [0, 0.05) is 25.5 Å². The molecule has 0 heterocycles. The van der Waals surface area contributed by atoms with Crippen LogP contribution in [0.4, 0.5) is 11.4 Å². The van der Waals surface area contributed by atoms with Crippen LogP contribution in [0, 0.1) is 0 Å². The van der Waals surface area contributed by atoms with Crippen molar-refractivity contribution in [1.82, 2.24) is 0 Å². The van der Waals surface area contributed by atoms with Crippen LogP contribution in [0.5, 0.6) is 5.75 Å². The molecular weight excluding hydrogens is 260 g/mol. The third-order valence-electron chi connectivity index (χ3n) is 3.65. The SMILES string of the molecule is COc1ccc(C(C)(C)Nc2ccc(N(C)C)cc2)cc1. The standard InChI is InChI=1S/C18H24N2O/c1-18(2,14-6-12-17(21-5)13-7-14)19-15-8-10-16(11-9-15)20(3)4/h6-13,19H,1-5H3. The average Bonchev–Trinajstić information content (AvgIpc) is 2.47. The Hall–Kier alpha value is -2.16. The summed E-state index contributed by atoms with van der Waals surface area (Å²) in [5.74, 6) is 0.880. The van der Waals surface area contributed by atoms with Crippen molar-refractivity contribution in [1.29, 1.82) is 0 Å². The number of anilines is 2. The molecule has 0 amide bonds. The van der Waals surface area contributed by atoms with Crippen LogP contribution in [-0.4, -0.2) is 21.2 Å². The van der Waals surface area contributed by atoms with Crippen molar-refractivity contribution < 1.29 is 4.74 Å². The molecular formula is C18H24N2O. The summed E-state index contributed by atoms with van der Waals surface area (Å²) in [6.07, 6.45) is 0. The summed E-state index contributed by atoms with van der Waals surface area (Å²) in [6.45, 7) is 4.35. The molecule has 0 radical (unpaired) electrons. The molecule has 0 aliphatic carbocycles. The van der Waals surface area contributed by atoms with Crippen LogP contribution < -0.4 is 15.0 Å². The lowest BCUT2D eigenvalue weighted by Gasteiger charge is -2.28. The highest BCUT2D eigenvalue weighted by Crippen LogP contribution is 2.28. The fourth-order valence-electron chi connectivity index (χ4n) is 2.28. The van der Waals surface area contributed by atoms with E-state index in [9.17, 15) is 0 Å². The molecule has 2 rings (SSSR count). The fraction of sp³-hybridized carbons (Fsp3) is 0.333. The predicted molar refractivity (Wildman–Crippen MR) is 90.4 cm³/mol. The van der Waals surface area contributed by atoms with E-state index in [2.05, 4.69) is 60.5 Å². The maximum absolute atomic E-state index is 5.21. The minimum Gasteiger partial charge on any atom is -0.497 e. The van der Waals surface area contributed by atoms with Gasteiger partial charge in [0.15, 0.2) is 0 Å². The van der Waals surface area contributed by atoms with Crippen molar-refractivity contribution in [3.8, 4) is 5.75 Å². The van der Waals surface area contributed by atoms with Crippen molar-refractivity contribution >= 4 is 11.4 Å². The summed E-state index contributed by atoms with van der Waals surface area (Å²) in [6, 6.07) is 16.6. The molecule has 3 nitrogen and oxygen atoms in total. The van der Waals surface area contributed by atoms with Gasteiger partial charge in [-0.1, -0.05) is 12.1 Å². The molecule has 0 unspecified atom stereocenters. The molecule has 2 aromatic carbocycles. The second-order valence-corrected chi connectivity index (χ2v) is 5.92. The number of methoxy groups -OCH3 is 1. The van der Waals surface area contributed by atoms with Gasteiger partial charge >= 0.3 is 0 Å². The zero-order valence-electron chi connectivity index (χ0n) is 13.5. The van der Waals surface area contributed by atoms with Crippen LogP contribution in [0.2, 0.25) is 0 Å². The van der Waals surface area contributed by atoms with Gasteiger partial charge in [0.05, 0.1) is 12.6 Å². The van der Waals surface area contributed by atoms with Crippen LogP contribution in [0.25, 0.3) is 0 Å². The first-order valence-corrected chi connectivity index (χ1v) is 7.12. The minimum atomic E-state index is -0.147. The lowest BCUT2D eigenvalue weighted by atomic mass is 9.94. The maximum Gasteiger partial charge on any atom is 0.118 e. The van der Waals surface area contributed by atoms with Gasteiger partial charge < -0.3 is 15.0 Å². The number of benzene rings is 2. The average molecular weight is 284 g/mol. The zero-order valence-corrected chi connectivity index (χ0v) is 13.5. The molecule has 0 fully saturated rings. The molecule has 0 bridgehead atoms. The first-order chi connectivity index (χ1) is 9.92. The highest BCUT2D eigenvalue weighted by molar-refractivity contribution is 5.56. The number of nitrogens with one attached hydrogen (secondary N) is 1. The number of hydrogen-bond acceptors (Lipinski definition) is 3. The number of rotatable bonds is 5. The van der Waals surface area contributed by atoms with Gasteiger partial charge in [-0.2, -0.15) is 0 Å². The van der Waals surface area contributed by atoms with E-state index in [1.807, 2.05) is 26.2 Å². The van der Waals surface area contributed by atoms with Crippen molar-refractivity contribution in [3.05, 3.63) is 54.1 Å². The topological polar surface area (TPSA) is 24.5 Å². The maximum atomic E-state index is 5.21. The van der Waals surface area contributed by atoms with Crippen molar-refractivity contribution in [2.24, 2.45) is 0 Å². The molecule has 2 aromatic rings. The molecule has 0 spiro atoms. The van der Waals surface area contributed by atoms with Crippen molar-refractivity contribution in [3.63, 3.8) is 0 Å². The van der Waals surface area contributed by atoms with Crippen molar-refractivity contribution in [2.45, 2.75) is 19.4 Å². The Labute approximate surface area is 127 Å². The van der Waals surface area contributed by atoms with Gasteiger partial charge in [0.1, 0.15) is 5.75 Å². The molecule has 21 heavy (non-hydrogen) atoms. The van der Waals surface area contributed by atoms with E-state index in [-0.39, 0.29) is 5.54 Å². The minimum absolute atomic E-state index is 0.147. The first-order valence-electron chi connectivity index (χ1n) is 7.12. The van der Waals surface area contributed by atoms with E-state index in [1.165, 1.54) is 11.3 Å². The second-order valence-electron chi connectivity index (χ2n) is 5.92. The van der Waals surface area contributed by atoms with Gasteiger partial charge in [0.25, 0.3) is 0 Å². The van der Waals surface area contributed by atoms with Crippen LogP contribution >= 0.6 is 0 Å². The smallest absolute Gasteiger partial charge is 0.118 e. The molecule has 0 aromatic heterocycles. The summed E-state index contributed by atoms with van der Waals surface area (Å²) in [5.41, 5.74) is 3.38. The van der Waals surface area contributed by atoms with E-state index in [0.717, 1.165) is 11.4 Å².